The molecule has 2 fully saturated rings. The molecule has 2 aromatic carbocycles. The molecule has 7 nitrogen and oxygen atoms in total. The molecule has 33 heavy (non-hydrogen) atoms. The zero-order valence-electron chi connectivity index (χ0n) is 18.5. The lowest BCUT2D eigenvalue weighted by Crippen LogP contribution is -2.36. The Kier molecular flexibility index (Phi) is 6.64. The van der Waals surface area contributed by atoms with Gasteiger partial charge in [-0.1, -0.05) is 36.7 Å². The molecule has 2 aliphatic rings. The number of carbonyl (C=O) groups excluding carboxylic acids is 1. The summed E-state index contributed by atoms with van der Waals surface area (Å²) >= 11 is 1.33. The van der Waals surface area contributed by atoms with Crippen molar-refractivity contribution in [2.45, 2.75) is 36.9 Å². The molecular weight excluding hydrogens is 436 g/mol. The van der Waals surface area contributed by atoms with Crippen molar-refractivity contribution in [1.82, 2.24) is 9.55 Å². The Bertz CT molecular complexity index is 1180. The minimum Gasteiger partial charge on any atom is -0.378 e. The maximum atomic E-state index is 13.2. The maximum Gasteiger partial charge on any atom is 0.262 e. The standard InChI is InChI=1S/C25H28N4O3S/c30-23(26-18-9-11-19(12-10-18)28-13-15-32-16-14-28)17-33-25-27-22-8-4-3-7-21(22)24(31)29(25)20-5-1-2-6-20/h3-4,7-12,20H,1-2,5-6,13-17H2,(H,26,30). The molecule has 1 aliphatic heterocycles. The lowest BCUT2D eigenvalue weighted by atomic mass is 10.2. The van der Waals surface area contributed by atoms with Crippen LogP contribution in [0, 0.1) is 0 Å². The van der Waals surface area contributed by atoms with Crippen LogP contribution in [0.3, 0.4) is 0 Å². The van der Waals surface area contributed by atoms with Gasteiger partial charge in [0.2, 0.25) is 5.91 Å². The molecule has 1 aromatic heterocycles. The summed E-state index contributed by atoms with van der Waals surface area (Å²) in [5, 5.41) is 4.23. The second-order valence-electron chi connectivity index (χ2n) is 8.51. The van der Waals surface area contributed by atoms with E-state index >= 15 is 0 Å². The van der Waals surface area contributed by atoms with Crippen LogP contribution < -0.4 is 15.8 Å². The number of nitrogens with one attached hydrogen (secondary N) is 1. The third-order valence-corrected chi connectivity index (χ3v) is 7.28. The quantitative estimate of drug-likeness (QED) is 0.438. The van der Waals surface area contributed by atoms with Crippen LogP contribution in [-0.4, -0.2) is 47.5 Å². The van der Waals surface area contributed by atoms with Crippen molar-refractivity contribution in [3.63, 3.8) is 0 Å². The molecule has 1 amide bonds. The molecule has 1 N–H and O–H groups in total. The number of rotatable bonds is 6. The van der Waals surface area contributed by atoms with Gasteiger partial charge in [0.15, 0.2) is 5.16 Å². The summed E-state index contributed by atoms with van der Waals surface area (Å²) < 4.78 is 7.23. The highest BCUT2D eigenvalue weighted by atomic mass is 32.2. The van der Waals surface area contributed by atoms with Gasteiger partial charge in [-0.05, 0) is 49.2 Å². The van der Waals surface area contributed by atoms with Gasteiger partial charge in [-0.25, -0.2) is 4.98 Å². The van der Waals surface area contributed by atoms with Crippen molar-refractivity contribution in [3.8, 4) is 0 Å². The Morgan fingerprint density at radius 1 is 1.06 bits per heavy atom. The van der Waals surface area contributed by atoms with Gasteiger partial charge in [0.1, 0.15) is 0 Å². The Hall–Kier alpha value is -2.84. The molecule has 0 radical (unpaired) electrons. The predicted molar refractivity (Wildman–Crippen MR) is 132 cm³/mol. The van der Waals surface area contributed by atoms with E-state index in [1.54, 1.807) is 0 Å². The van der Waals surface area contributed by atoms with Crippen molar-refractivity contribution in [2.24, 2.45) is 0 Å². The number of fused-ring (bicyclic) bond motifs is 1. The fourth-order valence-electron chi connectivity index (χ4n) is 4.62. The van der Waals surface area contributed by atoms with Crippen LogP contribution in [0.1, 0.15) is 31.7 Å². The van der Waals surface area contributed by atoms with Gasteiger partial charge in [-0.2, -0.15) is 0 Å². The summed E-state index contributed by atoms with van der Waals surface area (Å²) in [5.74, 6) is 0.0856. The number of amides is 1. The maximum absolute atomic E-state index is 13.2. The summed E-state index contributed by atoms with van der Waals surface area (Å²) in [6.45, 7) is 3.24. The Balaban J connectivity index is 1.28. The Morgan fingerprint density at radius 2 is 1.79 bits per heavy atom. The van der Waals surface area contributed by atoms with E-state index in [9.17, 15) is 9.59 Å². The first kappa shape index (κ1) is 22.0. The van der Waals surface area contributed by atoms with Gasteiger partial charge in [0, 0.05) is 30.5 Å². The molecule has 1 saturated carbocycles. The summed E-state index contributed by atoms with van der Waals surface area (Å²) in [6, 6.07) is 15.5. The van der Waals surface area contributed by atoms with Crippen LogP contribution in [-0.2, 0) is 9.53 Å². The number of ether oxygens (including phenoxy) is 1. The summed E-state index contributed by atoms with van der Waals surface area (Å²) in [4.78, 5) is 32.9. The fraction of sp³-hybridized carbons (Fsp3) is 0.400. The summed E-state index contributed by atoms with van der Waals surface area (Å²) in [5.41, 5.74) is 2.57. The number of hydrogen-bond donors (Lipinski definition) is 1. The minimum atomic E-state index is -0.112. The van der Waals surface area contributed by atoms with Crippen molar-refractivity contribution < 1.29 is 9.53 Å². The van der Waals surface area contributed by atoms with Crippen molar-refractivity contribution in [3.05, 3.63) is 58.9 Å². The Labute approximate surface area is 197 Å². The number of benzene rings is 2. The number of hydrogen-bond acceptors (Lipinski definition) is 6. The van der Waals surface area contributed by atoms with Crippen molar-refractivity contribution >= 4 is 39.9 Å². The van der Waals surface area contributed by atoms with E-state index in [-0.39, 0.29) is 23.3 Å². The SMILES string of the molecule is O=C(CSc1nc2ccccc2c(=O)n1C1CCCC1)Nc1ccc(N2CCOCC2)cc1. The average Bonchev–Trinajstić information content (AvgIpc) is 3.38. The molecule has 5 rings (SSSR count). The van der Waals surface area contributed by atoms with Crippen molar-refractivity contribution in [2.75, 3.05) is 42.3 Å². The van der Waals surface area contributed by atoms with Crippen LogP contribution in [0.5, 0.6) is 0 Å². The Morgan fingerprint density at radius 3 is 2.55 bits per heavy atom. The number of nitrogens with zero attached hydrogens (tertiary/aromatic N) is 3. The van der Waals surface area contributed by atoms with Crippen LogP contribution in [0.15, 0.2) is 58.5 Å². The molecule has 0 unspecified atom stereocenters. The first-order valence-electron chi connectivity index (χ1n) is 11.6. The lowest BCUT2D eigenvalue weighted by Gasteiger charge is -2.28. The highest BCUT2D eigenvalue weighted by Gasteiger charge is 2.23. The first-order chi connectivity index (χ1) is 16.2. The molecular formula is C25H28N4O3S. The monoisotopic (exact) mass is 464 g/mol. The zero-order chi connectivity index (χ0) is 22.6. The smallest absolute Gasteiger partial charge is 0.262 e. The molecule has 0 bridgehead atoms. The summed E-state index contributed by atoms with van der Waals surface area (Å²) in [6.07, 6.45) is 4.20. The second kappa shape index (κ2) is 9.97. The van der Waals surface area contributed by atoms with Gasteiger partial charge in [0.25, 0.3) is 5.56 Å². The molecule has 1 aliphatic carbocycles. The minimum absolute atomic E-state index is 0.00545. The fourth-order valence-corrected chi connectivity index (χ4v) is 5.48. The highest BCUT2D eigenvalue weighted by molar-refractivity contribution is 7.99. The lowest BCUT2D eigenvalue weighted by molar-refractivity contribution is -0.113. The molecule has 8 heteroatoms. The van der Waals surface area contributed by atoms with Gasteiger partial charge in [-0.15, -0.1) is 0 Å². The zero-order valence-corrected chi connectivity index (χ0v) is 19.4. The largest absolute Gasteiger partial charge is 0.378 e. The number of aromatic nitrogens is 2. The molecule has 1 saturated heterocycles. The van der Waals surface area contributed by atoms with E-state index in [1.165, 1.54) is 11.8 Å². The molecule has 3 aromatic rings. The number of carbonyl (C=O) groups is 1. The molecule has 2 heterocycles. The topological polar surface area (TPSA) is 76.5 Å². The number of para-hydroxylation sites is 1. The van der Waals surface area contributed by atoms with E-state index in [0.717, 1.165) is 63.4 Å². The number of morpholine rings is 1. The molecule has 0 atom stereocenters. The van der Waals surface area contributed by atoms with Gasteiger partial charge < -0.3 is 15.0 Å². The normalized spacial score (nSPS) is 16.9. The number of anilines is 2. The van der Waals surface area contributed by atoms with Crippen molar-refractivity contribution in [1.29, 1.82) is 0 Å². The van der Waals surface area contributed by atoms with Crippen LogP contribution in [0.4, 0.5) is 11.4 Å². The van der Waals surface area contributed by atoms with E-state index in [4.69, 9.17) is 9.72 Å². The third-order valence-electron chi connectivity index (χ3n) is 6.32. The van der Waals surface area contributed by atoms with Crippen LogP contribution in [0.25, 0.3) is 10.9 Å². The highest BCUT2D eigenvalue weighted by Crippen LogP contribution is 2.32. The first-order valence-corrected chi connectivity index (χ1v) is 12.5. The predicted octanol–water partition coefficient (Wildman–Crippen LogP) is 4.08. The van der Waals surface area contributed by atoms with E-state index < -0.39 is 0 Å². The molecule has 0 spiro atoms. The van der Waals surface area contributed by atoms with Gasteiger partial charge >= 0.3 is 0 Å². The molecule has 172 valence electrons. The van der Waals surface area contributed by atoms with Crippen LogP contribution in [0.2, 0.25) is 0 Å². The van der Waals surface area contributed by atoms with Gasteiger partial charge in [0.05, 0.1) is 29.9 Å². The van der Waals surface area contributed by atoms with E-state index in [1.807, 2.05) is 53.1 Å². The second-order valence-corrected chi connectivity index (χ2v) is 9.45. The summed E-state index contributed by atoms with van der Waals surface area (Å²) in [7, 11) is 0. The van der Waals surface area contributed by atoms with E-state index in [2.05, 4.69) is 10.2 Å². The van der Waals surface area contributed by atoms with Crippen LogP contribution >= 0.6 is 11.8 Å². The average molecular weight is 465 g/mol. The number of thioether (sulfide) groups is 1. The van der Waals surface area contributed by atoms with E-state index in [0.29, 0.717) is 16.1 Å². The van der Waals surface area contributed by atoms with Gasteiger partial charge in [-0.3, -0.25) is 14.2 Å². The third kappa shape index (κ3) is 4.91.